The lowest BCUT2D eigenvalue weighted by Gasteiger charge is -2.14. The first-order chi connectivity index (χ1) is 25.3. The Balaban J connectivity index is 3.98. The molecular formula is C46H88Cl2O3. The van der Waals surface area contributed by atoms with Crippen molar-refractivity contribution >= 4 is 23.2 Å². The first kappa shape index (κ1) is 50.9. The highest BCUT2D eigenvalue weighted by atomic mass is 35.5. The molecule has 2 unspecified atom stereocenters. The topological polar surface area (TPSA) is 27.7 Å². The SMILES string of the molecule is CCCCCC(C=CCCCCCCCCCCCCCl)CCOCOCOCCC(C=CCCCCCCCCCCCCCl)CCCCC. The number of unbranched alkanes of at least 4 members (excludes halogenated alkanes) is 24. The van der Waals surface area contributed by atoms with Crippen molar-refractivity contribution in [1.29, 1.82) is 0 Å². The third kappa shape index (κ3) is 42.5. The Labute approximate surface area is 330 Å². The summed E-state index contributed by atoms with van der Waals surface area (Å²) in [6.45, 7) is 6.74. The van der Waals surface area contributed by atoms with Crippen LogP contribution in [0.25, 0.3) is 0 Å². The Morgan fingerprint density at radius 1 is 0.373 bits per heavy atom. The van der Waals surface area contributed by atoms with Crippen molar-refractivity contribution in [3.05, 3.63) is 24.3 Å². The Morgan fingerprint density at radius 2 is 0.706 bits per heavy atom. The van der Waals surface area contributed by atoms with E-state index >= 15 is 0 Å². The Kier molecular flexibility index (Phi) is 46.0. The molecule has 0 N–H and O–H groups in total. The number of alkyl halides is 2. The quantitative estimate of drug-likeness (QED) is 0.0268. The van der Waals surface area contributed by atoms with Crippen molar-refractivity contribution in [2.24, 2.45) is 11.8 Å². The molecule has 0 aromatic rings. The molecule has 51 heavy (non-hydrogen) atoms. The Morgan fingerprint density at radius 3 is 1.04 bits per heavy atom. The van der Waals surface area contributed by atoms with Gasteiger partial charge in [-0.1, -0.05) is 179 Å². The fourth-order valence-corrected chi connectivity index (χ4v) is 7.22. The van der Waals surface area contributed by atoms with E-state index in [2.05, 4.69) is 38.2 Å². The molecule has 0 spiro atoms. The van der Waals surface area contributed by atoms with E-state index in [4.69, 9.17) is 37.4 Å². The molecule has 0 heterocycles. The smallest absolute Gasteiger partial charge is 0.149 e. The van der Waals surface area contributed by atoms with Crippen LogP contribution in [-0.4, -0.2) is 38.6 Å². The van der Waals surface area contributed by atoms with Crippen LogP contribution in [0.2, 0.25) is 0 Å². The van der Waals surface area contributed by atoms with Gasteiger partial charge in [0.25, 0.3) is 0 Å². The number of ether oxygens (including phenoxy) is 3. The van der Waals surface area contributed by atoms with Crippen molar-refractivity contribution in [3.8, 4) is 0 Å². The Hall–Kier alpha value is -0.0600. The molecule has 5 heteroatoms. The molecule has 0 fully saturated rings. The van der Waals surface area contributed by atoms with Crippen molar-refractivity contribution in [2.45, 2.75) is 219 Å². The van der Waals surface area contributed by atoms with Gasteiger partial charge in [0.2, 0.25) is 0 Å². The van der Waals surface area contributed by atoms with Gasteiger partial charge in [-0.15, -0.1) is 23.2 Å². The highest BCUT2D eigenvalue weighted by Crippen LogP contribution is 2.19. The average Bonchev–Trinajstić information content (AvgIpc) is 3.14. The highest BCUT2D eigenvalue weighted by Gasteiger charge is 2.07. The molecule has 0 aliphatic heterocycles. The summed E-state index contributed by atoms with van der Waals surface area (Å²) in [5, 5.41) is 0. The van der Waals surface area contributed by atoms with E-state index in [9.17, 15) is 0 Å². The molecule has 0 bridgehead atoms. The van der Waals surface area contributed by atoms with Gasteiger partial charge in [0.1, 0.15) is 13.6 Å². The first-order valence-corrected chi connectivity index (χ1v) is 23.5. The zero-order valence-corrected chi connectivity index (χ0v) is 35.8. The van der Waals surface area contributed by atoms with Gasteiger partial charge in [-0.05, 0) is 76.0 Å². The predicted octanol–water partition coefficient (Wildman–Crippen LogP) is 16.3. The number of rotatable bonds is 44. The van der Waals surface area contributed by atoms with Gasteiger partial charge in [-0.2, -0.15) is 0 Å². The molecule has 304 valence electrons. The molecule has 0 aliphatic carbocycles. The van der Waals surface area contributed by atoms with Crippen molar-refractivity contribution < 1.29 is 14.2 Å². The monoisotopic (exact) mass is 759 g/mol. The van der Waals surface area contributed by atoms with Crippen LogP contribution in [0.4, 0.5) is 0 Å². The average molecular weight is 760 g/mol. The van der Waals surface area contributed by atoms with Gasteiger partial charge in [-0.25, -0.2) is 0 Å². The van der Waals surface area contributed by atoms with Gasteiger partial charge < -0.3 is 14.2 Å². The van der Waals surface area contributed by atoms with Crippen LogP contribution in [0.3, 0.4) is 0 Å². The van der Waals surface area contributed by atoms with E-state index in [0.717, 1.165) is 37.8 Å². The standard InChI is InChI=1S/C46H88Cl2O3/c1-3-5-27-33-45(35-29-23-19-15-11-7-9-13-17-21-25-31-39-47)37-41-49-43-51-44-50-42-38-46(34-28-6-4-2)36-30-24-20-16-12-8-10-14-18-22-26-32-40-48/h29-30,35-36,45-46H,3-28,31-34,37-44H2,1-2H3. The van der Waals surface area contributed by atoms with Gasteiger partial charge in [0.15, 0.2) is 0 Å². The second kappa shape index (κ2) is 46.1. The summed E-state index contributed by atoms with van der Waals surface area (Å²) in [6.07, 6.45) is 51.9. The Bertz CT molecular complexity index is 629. The number of hydrogen-bond acceptors (Lipinski definition) is 3. The molecule has 0 aromatic carbocycles. The summed E-state index contributed by atoms with van der Waals surface area (Å²) in [7, 11) is 0. The minimum absolute atomic E-state index is 0.327. The molecule has 0 rings (SSSR count). The van der Waals surface area contributed by atoms with E-state index in [0.29, 0.717) is 25.4 Å². The van der Waals surface area contributed by atoms with Crippen molar-refractivity contribution in [3.63, 3.8) is 0 Å². The number of halogens is 2. The summed E-state index contributed by atoms with van der Waals surface area (Å²) < 4.78 is 17.4. The summed E-state index contributed by atoms with van der Waals surface area (Å²) in [4.78, 5) is 0. The van der Waals surface area contributed by atoms with Crippen LogP contribution in [0.5, 0.6) is 0 Å². The van der Waals surface area contributed by atoms with Crippen LogP contribution in [0.1, 0.15) is 219 Å². The molecule has 0 aliphatic rings. The van der Waals surface area contributed by atoms with E-state index < -0.39 is 0 Å². The van der Waals surface area contributed by atoms with Crippen LogP contribution in [-0.2, 0) is 14.2 Å². The van der Waals surface area contributed by atoms with Gasteiger partial charge in [-0.3, -0.25) is 0 Å². The normalized spacial score (nSPS) is 13.3. The number of hydrogen-bond donors (Lipinski definition) is 0. The minimum atomic E-state index is 0.327. The predicted molar refractivity (Wildman–Crippen MR) is 229 cm³/mol. The van der Waals surface area contributed by atoms with Crippen LogP contribution in [0.15, 0.2) is 24.3 Å². The van der Waals surface area contributed by atoms with Crippen LogP contribution < -0.4 is 0 Å². The van der Waals surface area contributed by atoms with Crippen LogP contribution in [0, 0.1) is 11.8 Å². The third-order valence-electron chi connectivity index (χ3n) is 10.3. The summed E-state index contributed by atoms with van der Waals surface area (Å²) >= 11 is 11.5. The van der Waals surface area contributed by atoms with Crippen molar-refractivity contribution in [1.82, 2.24) is 0 Å². The zero-order chi connectivity index (χ0) is 37.0. The lowest BCUT2D eigenvalue weighted by atomic mass is 9.97. The molecule has 3 nitrogen and oxygen atoms in total. The maximum absolute atomic E-state index is 5.86. The fraction of sp³-hybridized carbons (Fsp3) is 0.913. The maximum Gasteiger partial charge on any atom is 0.149 e. The summed E-state index contributed by atoms with van der Waals surface area (Å²) in [6, 6.07) is 0. The summed E-state index contributed by atoms with van der Waals surface area (Å²) in [5.74, 6) is 2.89. The second-order valence-electron chi connectivity index (χ2n) is 15.2. The summed E-state index contributed by atoms with van der Waals surface area (Å²) in [5.41, 5.74) is 0. The maximum atomic E-state index is 5.86. The molecule has 0 saturated carbocycles. The lowest BCUT2D eigenvalue weighted by Crippen LogP contribution is -2.10. The first-order valence-electron chi connectivity index (χ1n) is 22.5. The van der Waals surface area contributed by atoms with Crippen LogP contribution >= 0.6 is 23.2 Å². The molecule has 0 radical (unpaired) electrons. The van der Waals surface area contributed by atoms with E-state index in [1.54, 1.807) is 0 Å². The second-order valence-corrected chi connectivity index (χ2v) is 16.0. The fourth-order valence-electron chi connectivity index (χ4n) is 6.84. The van der Waals surface area contributed by atoms with E-state index in [-0.39, 0.29) is 0 Å². The number of allylic oxidation sites excluding steroid dienone is 4. The van der Waals surface area contributed by atoms with Crippen molar-refractivity contribution in [2.75, 3.05) is 38.6 Å². The molecule has 0 aromatic heterocycles. The highest BCUT2D eigenvalue weighted by molar-refractivity contribution is 6.18. The third-order valence-corrected chi connectivity index (χ3v) is 10.8. The molecule has 0 saturated heterocycles. The lowest BCUT2D eigenvalue weighted by molar-refractivity contribution is -0.133. The molecular weight excluding hydrogens is 671 g/mol. The van der Waals surface area contributed by atoms with Gasteiger partial charge >= 0.3 is 0 Å². The van der Waals surface area contributed by atoms with E-state index in [1.165, 1.54) is 193 Å². The minimum Gasteiger partial charge on any atom is -0.355 e. The largest absolute Gasteiger partial charge is 0.355 e. The molecule has 2 atom stereocenters. The van der Waals surface area contributed by atoms with Gasteiger partial charge in [0.05, 0.1) is 0 Å². The van der Waals surface area contributed by atoms with E-state index in [1.807, 2.05) is 0 Å². The molecule has 0 amide bonds. The van der Waals surface area contributed by atoms with Gasteiger partial charge in [0, 0.05) is 25.0 Å². The zero-order valence-electron chi connectivity index (χ0n) is 34.3.